The molecular formula is C14H24O3Ti. The van der Waals surface area contributed by atoms with E-state index in [0.717, 1.165) is 6.42 Å². The maximum absolute atomic E-state index is 5.74. The molecule has 102 valence electrons. The fourth-order valence-electron chi connectivity index (χ4n) is 3.39. The van der Waals surface area contributed by atoms with E-state index in [1.54, 1.807) is 26.9 Å². The molecule has 2 aliphatic carbocycles. The van der Waals surface area contributed by atoms with E-state index in [9.17, 15) is 0 Å². The monoisotopic (exact) mass is 288 g/mol. The summed E-state index contributed by atoms with van der Waals surface area (Å²) in [6.07, 6.45) is 4.98. The van der Waals surface area contributed by atoms with Crippen LogP contribution in [-0.4, -0.2) is 21.3 Å². The quantitative estimate of drug-likeness (QED) is 0.739. The molecule has 0 saturated heterocycles. The first-order valence-electron chi connectivity index (χ1n) is 6.70. The summed E-state index contributed by atoms with van der Waals surface area (Å²) in [5, 5.41) is 0. The number of hydrogen-bond donors (Lipinski definition) is 0. The maximum atomic E-state index is 5.74. The van der Waals surface area contributed by atoms with Gasteiger partial charge in [0, 0.05) is 0 Å². The Hall–Kier alpha value is 0.0743. The standard InChI is InChI=1S/C11H15.3CH3O.Ti/c1-8-7-10-5-3-4-6-11(10)9(8)2;3*1-2;/h9H,3-6H2,1-2H3;3*1H3;/q;3*-1;+3. The van der Waals surface area contributed by atoms with Crippen LogP contribution in [-0.2, 0) is 27.7 Å². The van der Waals surface area contributed by atoms with Crippen molar-refractivity contribution in [1.82, 2.24) is 0 Å². The van der Waals surface area contributed by atoms with Crippen LogP contribution in [0.2, 0.25) is 0 Å². The summed E-state index contributed by atoms with van der Waals surface area (Å²) in [6, 6.07) is 0. The minimum absolute atomic E-state index is 0.542. The van der Waals surface area contributed by atoms with Gasteiger partial charge >= 0.3 is 115 Å². The van der Waals surface area contributed by atoms with Crippen molar-refractivity contribution in [2.45, 2.75) is 39.5 Å². The normalized spacial score (nSPS) is 24.8. The molecule has 1 atom stereocenters. The Labute approximate surface area is 115 Å². The molecule has 4 heteroatoms. The van der Waals surface area contributed by atoms with Gasteiger partial charge in [0.15, 0.2) is 0 Å². The molecule has 2 rings (SSSR count). The Morgan fingerprint density at radius 3 is 2.11 bits per heavy atom. The third-order valence-electron chi connectivity index (χ3n) is 4.49. The van der Waals surface area contributed by atoms with Crippen LogP contribution in [0.15, 0.2) is 20.6 Å². The Kier molecular flexibility index (Phi) is 4.50. The fourth-order valence-corrected chi connectivity index (χ4v) is 7.24. The van der Waals surface area contributed by atoms with Gasteiger partial charge in [0.2, 0.25) is 0 Å². The molecule has 0 amide bonds. The minimum atomic E-state index is -3.25. The molecule has 0 radical (unpaired) electrons. The van der Waals surface area contributed by atoms with Gasteiger partial charge in [0.05, 0.1) is 0 Å². The van der Waals surface area contributed by atoms with Crippen LogP contribution in [0.4, 0.5) is 0 Å². The molecule has 2 aliphatic rings. The first-order chi connectivity index (χ1) is 8.61. The average molecular weight is 288 g/mol. The van der Waals surface area contributed by atoms with Crippen molar-refractivity contribution in [1.29, 1.82) is 0 Å². The Balaban J connectivity index is 2.50. The van der Waals surface area contributed by atoms with Crippen LogP contribution >= 0.6 is 0 Å². The number of allylic oxidation sites excluding steroid dienone is 4. The molecule has 18 heavy (non-hydrogen) atoms. The van der Waals surface area contributed by atoms with Gasteiger partial charge in [-0.1, -0.05) is 0 Å². The van der Waals surface area contributed by atoms with E-state index in [1.165, 1.54) is 34.3 Å². The second kappa shape index (κ2) is 5.60. The van der Waals surface area contributed by atoms with Crippen LogP contribution in [0.5, 0.6) is 0 Å². The molecule has 0 aliphatic heterocycles. The molecule has 0 fully saturated rings. The second-order valence-electron chi connectivity index (χ2n) is 5.16. The topological polar surface area (TPSA) is 27.7 Å². The summed E-state index contributed by atoms with van der Waals surface area (Å²) in [7, 11) is 5.16. The molecule has 0 aromatic rings. The zero-order chi connectivity index (χ0) is 13.3. The Morgan fingerprint density at radius 1 is 1.00 bits per heavy atom. The van der Waals surface area contributed by atoms with Gasteiger partial charge < -0.3 is 0 Å². The number of hydrogen-bond acceptors (Lipinski definition) is 3. The third-order valence-corrected chi connectivity index (χ3v) is 9.05. The van der Waals surface area contributed by atoms with Gasteiger partial charge in [-0.25, -0.2) is 0 Å². The van der Waals surface area contributed by atoms with E-state index in [4.69, 9.17) is 9.96 Å². The fraction of sp³-hybridized carbons (Fsp3) is 0.714. The molecular weight excluding hydrogens is 264 g/mol. The molecule has 0 spiro atoms. The molecule has 0 aromatic heterocycles. The zero-order valence-corrected chi connectivity index (χ0v) is 13.7. The van der Waals surface area contributed by atoms with Crippen molar-refractivity contribution in [3.63, 3.8) is 0 Å². The molecule has 3 nitrogen and oxygen atoms in total. The summed E-state index contributed by atoms with van der Waals surface area (Å²) < 4.78 is 18.5. The van der Waals surface area contributed by atoms with Gasteiger partial charge in [0.25, 0.3) is 0 Å². The van der Waals surface area contributed by atoms with E-state index in [0.29, 0.717) is 5.92 Å². The number of rotatable bonds is 4. The van der Waals surface area contributed by atoms with Gasteiger partial charge in [-0.05, 0) is 0 Å². The second-order valence-corrected chi connectivity index (χ2v) is 9.59. The van der Waals surface area contributed by atoms with Gasteiger partial charge in [-0.3, -0.25) is 0 Å². The Morgan fingerprint density at radius 2 is 1.56 bits per heavy atom. The predicted molar refractivity (Wildman–Crippen MR) is 68.4 cm³/mol. The molecule has 0 bridgehead atoms. The first kappa shape index (κ1) is 14.5. The summed E-state index contributed by atoms with van der Waals surface area (Å²) >= 11 is -3.25. The third kappa shape index (κ3) is 2.06. The molecule has 0 saturated carbocycles. The van der Waals surface area contributed by atoms with Crippen molar-refractivity contribution in [3.05, 3.63) is 20.6 Å². The Bertz CT molecular complexity index is 386. The van der Waals surface area contributed by atoms with Crippen molar-refractivity contribution < 1.29 is 27.7 Å². The first-order valence-corrected chi connectivity index (χ1v) is 9.39. The molecule has 0 aromatic carbocycles. The molecule has 0 heterocycles. The van der Waals surface area contributed by atoms with Crippen molar-refractivity contribution >= 4 is 0 Å². The van der Waals surface area contributed by atoms with Crippen molar-refractivity contribution in [2.75, 3.05) is 21.3 Å². The van der Waals surface area contributed by atoms with Crippen molar-refractivity contribution in [2.24, 2.45) is 5.92 Å². The van der Waals surface area contributed by atoms with Crippen LogP contribution in [0.1, 0.15) is 39.5 Å². The van der Waals surface area contributed by atoms with E-state index < -0.39 is 17.8 Å². The predicted octanol–water partition coefficient (Wildman–Crippen LogP) is 3.62. The van der Waals surface area contributed by atoms with E-state index in [-0.39, 0.29) is 0 Å². The summed E-state index contributed by atoms with van der Waals surface area (Å²) in [4.78, 5) is 0. The van der Waals surface area contributed by atoms with E-state index in [1.807, 2.05) is 0 Å². The molecule has 0 N–H and O–H groups in total. The van der Waals surface area contributed by atoms with Crippen LogP contribution in [0.25, 0.3) is 0 Å². The molecule has 1 unspecified atom stereocenters. The van der Waals surface area contributed by atoms with E-state index >= 15 is 0 Å². The SMILES string of the molecule is C[O][Ti]([O]C)([O]C)[C]1=C(C)C(C)C2=C1CCCC2. The van der Waals surface area contributed by atoms with E-state index in [2.05, 4.69) is 13.8 Å². The van der Waals surface area contributed by atoms with Gasteiger partial charge in [-0.15, -0.1) is 0 Å². The van der Waals surface area contributed by atoms with Crippen LogP contribution in [0.3, 0.4) is 0 Å². The van der Waals surface area contributed by atoms with Crippen LogP contribution < -0.4 is 0 Å². The van der Waals surface area contributed by atoms with Gasteiger partial charge in [0.1, 0.15) is 0 Å². The van der Waals surface area contributed by atoms with Crippen molar-refractivity contribution in [3.8, 4) is 0 Å². The zero-order valence-electron chi connectivity index (χ0n) is 12.1. The summed E-state index contributed by atoms with van der Waals surface area (Å²) in [5.41, 5.74) is 4.51. The summed E-state index contributed by atoms with van der Waals surface area (Å²) in [6.45, 7) is 4.52. The van der Waals surface area contributed by atoms with Gasteiger partial charge in [-0.2, -0.15) is 0 Å². The average Bonchev–Trinajstić information content (AvgIpc) is 2.67. The summed E-state index contributed by atoms with van der Waals surface area (Å²) in [5.74, 6) is 0.542. The van der Waals surface area contributed by atoms with Crippen LogP contribution in [0, 0.1) is 5.92 Å².